The Labute approximate surface area is 101 Å². The summed E-state index contributed by atoms with van der Waals surface area (Å²) < 4.78 is 6.13. The molecule has 1 saturated carbocycles. The largest absolute Gasteiger partial charge is 0.381 e. The van der Waals surface area contributed by atoms with Gasteiger partial charge in [-0.1, -0.05) is 0 Å². The van der Waals surface area contributed by atoms with Crippen LogP contribution in [-0.2, 0) is 4.74 Å². The summed E-state index contributed by atoms with van der Waals surface area (Å²) in [5.41, 5.74) is 0. The minimum atomic E-state index is 0.0188. The predicted molar refractivity (Wildman–Crippen MR) is 63.3 cm³/mol. The molecule has 3 nitrogen and oxygen atoms in total. The molecule has 0 aromatic carbocycles. The van der Waals surface area contributed by atoms with Crippen molar-refractivity contribution in [2.24, 2.45) is 0 Å². The topological polar surface area (TPSA) is 38.3 Å². The van der Waals surface area contributed by atoms with Gasteiger partial charge in [-0.25, -0.2) is 0 Å². The van der Waals surface area contributed by atoms with E-state index < -0.39 is 0 Å². The first kappa shape index (κ1) is 11.1. The lowest BCUT2D eigenvalue weighted by Crippen LogP contribution is -2.47. The molecule has 1 aromatic rings. The average Bonchev–Trinajstić information content (AvgIpc) is 2.57. The first-order valence-corrected chi connectivity index (χ1v) is 6.39. The maximum Gasteiger partial charge on any atom is 0.261 e. The molecule has 1 fully saturated rings. The molecule has 0 unspecified atom stereocenters. The summed E-state index contributed by atoms with van der Waals surface area (Å²) in [5.74, 6) is 0.0188. The summed E-state index contributed by atoms with van der Waals surface area (Å²) in [5, 5.41) is 2.98. The molecule has 82 valence electrons. The van der Waals surface area contributed by atoms with Crippen molar-refractivity contribution in [3.63, 3.8) is 0 Å². The van der Waals surface area contributed by atoms with Gasteiger partial charge in [-0.15, -0.1) is 11.3 Å². The van der Waals surface area contributed by atoms with E-state index in [2.05, 4.69) is 21.2 Å². The number of thiophene rings is 1. The maximum absolute atomic E-state index is 11.7. The predicted octanol–water partition coefficient (Wildman–Crippen LogP) is 2.42. The monoisotopic (exact) mass is 289 g/mol. The Bertz CT molecular complexity index is 360. The summed E-state index contributed by atoms with van der Waals surface area (Å²) in [4.78, 5) is 12.4. The second kappa shape index (κ2) is 4.63. The molecule has 1 N–H and O–H groups in total. The Hall–Kier alpha value is -0.390. The molecular weight excluding hydrogens is 278 g/mol. The molecule has 1 aromatic heterocycles. The van der Waals surface area contributed by atoms with Crippen LogP contribution in [-0.4, -0.2) is 25.2 Å². The quantitative estimate of drug-likeness (QED) is 0.928. The molecule has 0 atom stereocenters. The highest BCUT2D eigenvalue weighted by atomic mass is 79.9. The Kier molecular flexibility index (Phi) is 3.43. The summed E-state index contributed by atoms with van der Waals surface area (Å²) in [6, 6.07) is 4.00. The van der Waals surface area contributed by atoms with Crippen LogP contribution in [0.5, 0.6) is 0 Å². The first-order chi connectivity index (χ1) is 7.19. The number of carbonyl (C=O) groups excluding carboxylic acids is 1. The van der Waals surface area contributed by atoms with E-state index in [9.17, 15) is 4.79 Å². The molecule has 0 saturated heterocycles. The highest BCUT2D eigenvalue weighted by Crippen LogP contribution is 2.25. The van der Waals surface area contributed by atoms with Gasteiger partial charge in [0.1, 0.15) is 0 Å². The summed E-state index contributed by atoms with van der Waals surface area (Å²) in [6.45, 7) is 0. The Balaban J connectivity index is 1.84. The van der Waals surface area contributed by atoms with Gasteiger partial charge in [0.2, 0.25) is 0 Å². The summed E-state index contributed by atoms with van der Waals surface area (Å²) in [6.07, 6.45) is 2.18. The van der Waals surface area contributed by atoms with Gasteiger partial charge in [0.15, 0.2) is 0 Å². The van der Waals surface area contributed by atoms with E-state index in [1.807, 2.05) is 12.1 Å². The van der Waals surface area contributed by atoms with Crippen LogP contribution in [0.2, 0.25) is 0 Å². The lowest BCUT2D eigenvalue weighted by atomic mass is 9.89. The van der Waals surface area contributed by atoms with Crippen molar-refractivity contribution in [1.82, 2.24) is 5.32 Å². The van der Waals surface area contributed by atoms with E-state index in [0.29, 0.717) is 6.10 Å². The Morgan fingerprint density at radius 1 is 1.60 bits per heavy atom. The van der Waals surface area contributed by atoms with E-state index in [4.69, 9.17) is 4.74 Å². The van der Waals surface area contributed by atoms with Gasteiger partial charge in [-0.2, -0.15) is 0 Å². The van der Waals surface area contributed by atoms with Gasteiger partial charge in [0.25, 0.3) is 5.91 Å². The molecule has 5 heteroatoms. The zero-order valence-electron chi connectivity index (χ0n) is 8.33. The molecule has 1 heterocycles. The first-order valence-electron chi connectivity index (χ1n) is 4.78. The normalized spacial score (nSPS) is 24.7. The van der Waals surface area contributed by atoms with Crippen LogP contribution in [0.3, 0.4) is 0 Å². The molecular formula is C10H12BrNO2S. The smallest absolute Gasteiger partial charge is 0.261 e. The van der Waals surface area contributed by atoms with E-state index in [0.717, 1.165) is 21.5 Å². The lowest BCUT2D eigenvalue weighted by molar-refractivity contribution is 0.0177. The number of rotatable bonds is 3. The van der Waals surface area contributed by atoms with Crippen molar-refractivity contribution < 1.29 is 9.53 Å². The number of hydrogen-bond donors (Lipinski definition) is 1. The molecule has 1 aliphatic carbocycles. The van der Waals surface area contributed by atoms with Gasteiger partial charge in [0.05, 0.1) is 14.8 Å². The van der Waals surface area contributed by atoms with Crippen molar-refractivity contribution in [2.75, 3.05) is 7.11 Å². The minimum Gasteiger partial charge on any atom is -0.381 e. The fourth-order valence-corrected chi connectivity index (χ4v) is 2.86. The second-order valence-electron chi connectivity index (χ2n) is 3.60. The standard InChI is InChI=1S/C10H12BrNO2S/c1-14-7-4-6(5-7)12-10(13)8-2-3-9(11)15-8/h2-3,6-7H,4-5H2,1H3,(H,12,13). The lowest BCUT2D eigenvalue weighted by Gasteiger charge is -2.34. The third-order valence-electron chi connectivity index (χ3n) is 2.56. The number of hydrogen-bond acceptors (Lipinski definition) is 3. The Morgan fingerprint density at radius 2 is 2.33 bits per heavy atom. The number of carbonyl (C=O) groups is 1. The molecule has 0 aliphatic heterocycles. The van der Waals surface area contributed by atoms with Crippen molar-refractivity contribution in [3.8, 4) is 0 Å². The van der Waals surface area contributed by atoms with Crippen LogP contribution < -0.4 is 5.32 Å². The van der Waals surface area contributed by atoms with Crippen LogP contribution in [0.25, 0.3) is 0 Å². The fourth-order valence-electron chi connectivity index (χ4n) is 1.57. The van der Waals surface area contributed by atoms with Gasteiger partial charge in [0, 0.05) is 13.2 Å². The van der Waals surface area contributed by atoms with Crippen molar-refractivity contribution >= 4 is 33.2 Å². The molecule has 1 aliphatic rings. The zero-order chi connectivity index (χ0) is 10.8. The number of halogens is 1. The SMILES string of the molecule is COC1CC(NC(=O)c2ccc(Br)s2)C1. The number of methoxy groups -OCH3 is 1. The summed E-state index contributed by atoms with van der Waals surface area (Å²) in [7, 11) is 1.71. The van der Waals surface area contributed by atoms with E-state index in [-0.39, 0.29) is 11.9 Å². The average molecular weight is 290 g/mol. The number of amides is 1. The van der Waals surface area contributed by atoms with Crippen LogP contribution in [0.4, 0.5) is 0 Å². The van der Waals surface area contributed by atoms with Crippen LogP contribution in [0.1, 0.15) is 22.5 Å². The molecule has 0 bridgehead atoms. The van der Waals surface area contributed by atoms with Crippen LogP contribution >= 0.6 is 27.3 Å². The van der Waals surface area contributed by atoms with E-state index in [1.54, 1.807) is 7.11 Å². The molecule has 0 spiro atoms. The fraction of sp³-hybridized carbons (Fsp3) is 0.500. The van der Waals surface area contributed by atoms with E-state index in [1.165, 1.54) is 11.3 Å². The molecule has 15 heavy (non-hydrogen) atoms. The number of ether oxygens (including phenoxy) is 1. The van der Waals surface area contributed by atoms with Gasteiger partial charge >= 0.3 is 0 Å². The van der Waals surface area contributed by atoms with Crippen molar-refractivity contribution in [3.05, 3.63) is 20.8 Å². The van der Waals surface area contributed by atoms with Gasteiger partial charge in [-0.3, -0.25) is 4.79 Å². The highest BCUT2D eigenvalue weighted by Gasteiger charge is 2.30. The summed E-state index contributed by atoms with van der Waals surface area (Å²) >= 11 is 4.79. The zero-order valence-corrected chi connectivity index (χ0v) is 10.7. The van der Waals surface area contributed by atoms with E-state index >= 15 is 0 Å². The molecule has 0 radical (unpaired) electrons. The van der Waals surface area contributed by atoms with Crippen LogP contribution in [0, 0.1) is 0 Å². The minimum absolute atomic E-state index is 0.0188. The van der Waals surface area contributed by atoms with Crippen molar-refractivity contribution in [1.29, 1.82) is 0 Å². The van der Waals surface area contributed by atoms with Crippen LogP contribution in [0.15, 0.2) is 15.9 Å². The third-order valence-corrected chi connectivity index (χ3v) is 4.18. The molecule has 1 amide bonds. The van der Waals surface area contributed by atoms with Gasteiger partial charge < -0.3 is 10.1 Å². The highest BCUT2D eigenvalue weighted by molar-refractivity contribution is 9.11. The molecule has 2 rings (SSSR count). The Morgan fingerprint density at radius 3 is 2.87 bits per heavy atom. The maximum atomic E-state index is 11.7. The van der Waals surface area contributed by atoms with Gasteiger partial charge in [-0.05, 0) is 40.9 Å². The number of nitrogens with one attached hydrogen (secondary N) is 1. The third kappa shape index (κ3) is 2.59. The second-order valence-corrected chi connectivity index (χ2v) is 6.07. The van der Waals surface area contributed by atoms with Crippen molar-refractivity contribution in [2.45, 2.75) is 25.0 Å².